The molecule has 4 nitrogen and oxygen atoms in total. The van der Waals surface area contributed by atoms with Crippen molar-refractivity contribution < 1.29 is 0 Å². The van der Waals surface area contributed by atoms with Crippen LogP contribution in [0.3, 0.4) is 0 Å². The minimum atomic E-state index is 0.584. The Morgan fingerprint density at radius 3 is 2.47 bits per heavy atom. The number of hydrogen-bond acceptors (Lipinski definition) is 4. The number of benzene rings is 1. The molecule has 0 unspecified atom stereocenters. The van der Waals surface area contributed by atoms with E-state index in [0.29, 0.717) is 5.82 Å². The Kier molecular flexibility index (Phi) is 4.34. The number of nitrogens with two attached hydrogens (primary N) is 1. The lowest BCUT2D eigenvalue weighted by Gasteiger charge is -2.24. The molecule has 0 amide bonds. The second kappa shape index (κ2) is 6.18. The van der Waals surface area contributed by atoms with E-state index in [9.17, 15) is 0 Å². The lowest BCUT2D eigenvalue weighted by Crippen LogP contribution is -2.20. The van der Waals surface area contributed by atoms with Gasteiger partial charge in [-0.15, -0.1) is 0 Å². The number of anilines is 3. The van der Waals surface area contributed by atoms with Gasteiger partial charge in [-0.1, -0.05) is 31.5 Å². The molecule has 0 bridgehead atoms. The third-order valence-electron chi connectivity index (χ3n) is 3.10. The van der Waals surface area contributed by atoms with Gasteiger partial charge in [-0.3, -0.25) is 0 Å². The zero-order valence-corrected chi connectivity index (χ0v) is 11.5. The molecule has 19 heavy (non-hydrogen) atoms. The summed E-state index contributed by atoms with van der Waals surface area (Å²) in [6, 6.07) is 10.2. The van der Waals surface area contributed by atoms with E-state index in [1.54, 1.807) is 0 Å². The Bertz CT molecular complexity index is 525. The molecule has 0 aliphatic rings. The molecule has 1 aromatic carbocycles. The molecule has 0 aliphatic carbocycles. The molecule has 0 saturated heterocycles. The molecule has 2 N–H and O–H groups in total. The van der Waals surface area contributed by atoms with Crippen LogP contribution in [-0.2, 0) is 6.42 Å². The van der Waals surface area contributed by atoms with Crippen LogP contribution in [0.15, 0.2) is 36.7 Å². The molecule has 0 fully saturated rings. The smallest absolute Gasteiger partial charge is 0.141 e. The minimum absolute atomic E-state index is 0.584. The van der Waals surface area contributed by atoms with Gasteiger partial charge in [-0.25, -0.2) is 9.97 Å². The summed E-state index contributed by atoms with van der Waals surface area (Å²) in [4.78, 5) is 10.7. The normalized spacial score (nSPS) is 10.4. The molecular weight excluding hydrogens is 236 g/mol. The Labute approximate surface area is 114 Å². The average molecular weight is 256 g/mol. The van der Waals surface area contributed by atoms with Crippen molar-refractivity contribution in [3.8, 4) is 0 Å². The lowest BCUT2D eigenvalue weighted by atomic mass is 10.1. The van der Waals surface area contributed by atoms with Crippen molar-refractivity contribution in [2.75, 3.05) is 17.2 Å². The van der Waals surface area contributed by atoms with E-state index in [4.69, 9.17) is 5.73 Å². The summed E-state index contributed by atoms with van der Waals surface area (Å²) >= 11 is 0. The average Bonchev–Trinajstić information content (AvgIpc) is 2.44. The number of para-hydroxylation sites is 1. The molecule has 100 valence electrons. The highest BCUT2D eigenvalue weighted by molar-refractivity contribution is 5.66. The SMILES string of the molecule is CCCc1c(N)ncnc1N(CC)c1ccccc1. The molecule has 4 heteroatoms. The van der Waals surface area contributed by atoms with Gasteiger partial charge in [0.25, 0.3) is 0 Å². The van der Waals surface area contributed by atoms with Crippen molar-refractivity contribution in [1.29, 1.82) is 0 Å². The van der Waals surface area contributed by atoms with Gasteiger partial charge in [0.1, 0.15) is 18.0 Å². The summed E-state index contributed by atoms with van der Waals surface area (Å²) in [6.07, 6.45) is 3.46. The summed E-state index contributed by atoms with van der Waals surface area (Å²) in [7, 11) is 0. The monoisotopic (exact) mass is 256 g/mol. The van der Waals surface area contributed by atoms with Crippen LogP contribution in [0, 0.1) is 0 Å². The summed E-state index contributed by atoms with van der Waals surface area (Å²) < 4.78 is 0. The van der Waals surface area contributed by atoms with Crippen LogP contribution < -0.4 is 10.6 Å². The quantitative estimate of drug-likeness (QED) is 0.892. The van der Waals surface area contributed by atoms with Gasteiger partial charge in [-0.05, 0) is 25.5 Å². The maximum Gasteiger partial charge on any atom is 0.141 e. The van der Waals surface area contributed by atoms with Gasteiger partial charge in [0.15, 0.2) is 0 Å². The van der Waals surface area contributed by atoms with Crippen LogP contribution in [0.2, 0.25) is 0 Å². The first-order chi connectivity index (χ1) is 9.27. The number of hydrogen-bond donors (Lipinski definition) is 1. The molecule has 1 aromatic heterocycles. The third-order valence-corrected chi connectivity index (χ3v) is 3.10. The minimum Gasteiger partial charge on any atom is -0.383 e. The Balaban J connectivity index is 2.47. The molecule has 0 spiro atoms. The summed E-state index contributed by atoms with van der Waals surface area (Å²) in [5.41, 5.74) is 8.16. The largest absolute Gasteiger partial charge is 0.383 e. The highest BCUT2D eigenvalue weighted by atomic mass is 15.2. The lowest BCUT2D eigenvalue weighted by molar-refractivity contribution is 0.880. The van der Waals surface area contributed by atoms with Crippen LogP contribution in [-0.4, -0.2) is 16.5 Å². The number of nitrogens with zero attached hydrogens (tertiary/aromatic N) is 3. The van der Waals surface area contributed by atoms with Crippen LogP contribution in [0.1, 0.15) is 25.8 Å². The zero-order chi connectivity index (χ0) is 13.7. The summed E-state index contributed by atoms with van der Waals surface area (Å²) in [5.74, 6) is 1.50. The number of aromatic nitrogens is 2. The molecule has 2 rings (SSSR count). The molecule has 0 atom stereocenters. The van der Waals surface area contributed by atoms with E-state index in [1.165, 1.54) is 6.33 Å². The van der Waals surface area contributed by atoms with Gasteiger partial charge < -0.3 is 10.6 Å². The fourth-order valence-electron chi connectivity index (χ4n) is 2.20. The first-order valence-electron chi connectivity index (χ1n) is 6.69. The molecule has 1 heterocycles. The van der Waals surface area contributed by atoms with Crippen LogP contribution in [0.5, 0.6) is 0 Å². The predicted molar refractivity (Wildman–Crippen MR) is 79.6 cm³/mol. The highest BCUT2D eigenvalue weighted by Crippen LogP contribution is 2.29. The fraction of sp³-hybridized carbons (Fsp3) is 0.333. The maximum atomic E-state index is 6.00. The van der Waals surface area contributed by atoms with Gasteiger partial charge in [0.2, 0.25) is 0 Å². The second-order valence-electron chi connectivity index (χ2n) is 4.39. The number of nitrogen functional groups attached to an aromatic ring is 1. The van der Waals surface area contributed by atoms with E-state index < -0.39 is 0 Å². The van der Waals surface area contributed by atoms with Crippen molar-refractivity contribution >= 4 is 17.3 Å². The van der Waals surface area contributed by atoms with Crippen molar-refractivity contribution in [1.82, 2.24) is 9.97 Å². The standard InChI is InChI=1S/C15H20N4/c1-3-8-13-14(16)17-11-18-15(13)19(4-2)12-9-6-5-7-10-12/h5-7,9-11H,3-4,8H2,1-2H3,(H2,16,17,18). The van der Waals surface area contributed by atoms with E-state index in [0.717, 1.165) is 36.5 Å². The second-order valence-corrected chi connectivity index (χ2v) is 4.39. The van der Waals surface area contributed by atoms with E-state index in [2.05, 4.69) is 40.8 Å². The van der Waals surface area contributed by atoms with Gasteiger partial charge in [0.05, 0.1) is 0 Å². The topological polar surface area (TPSA) is 55.0 Å². The highest BCUT2D eigenvalue weighted by Gasteiger charge is 2.15. The van der Waals surface area contributed by atoms with Crippen molar-refractivity contribution in [3.05, 3.63) is 42.2 Å². The van der Waals surface area contributed by atoms with Gasteiger partial charge in [-0.2, -0.15) is 0 Å². The van der Waals surface area contributed by atoms with E-state index in [1.807, 2.05) is 18.2 Å². The first-order valence-corrected chi connectivity index (χ1v) is 6.69. The molecule has 0 saturated carbocycles. The third kappa shape index (κ3) is 2.84. The van der Waals surface area contributed by atoms with E-state index >= 15 is 0 Å². The maximum absolute atomic E-state index is 6.00. The van der Waals surface area contributed by atoms with E-state index in [-0.39, 0.29) is 0 Å². The Morgan fingerprint density at radius 2 is 1.84 bits per heavy atom. The van der Waals surface area contributed by atoms with Crippen LogP contribution >= 0.6 is 0 Å². The van der Waals surface area contributed by atoms with Crippen molar-refractivity contribution in [3.63, 3.8) is 0 Å². The van der Waals surface area contributed by atoms with Crippen molar-refractivity contribution in [2.24, 2.45) is 0 Å². The van der Waals surface area contributed by atoms with Gasteiger partial charge in [0, 0.05) is 17.8 Å². The fourth-order valence-corrected chi connectivity index (χ4v) is 2.20. The number of rotatable bonds is 5. The van der Waals surface area contributed by atoms with Crippen LogP contribution in [0.25, 0.3) is 0 Å². The zero-order valence-electron chi connectivity index (χ0n) is 11.5. The predicted octanol–water partition coefficient (Wildman–Crippen LogP) is 3.17. The Hall–Kier alpha value is -2.10. The summed E-state index contributed by atoms with van der Waals surface area (Å²) in [6.45, 7) is 5.09. The molecule has 0 aliphatic heterocycles. The summed E-state index contributed by atoms with van der Waals surface area (Å²) in [5, 5.41) is 0. The van der Waals surface area contributed by atoms with Crippen molar-refractivity contribution in [2.45, 2.75) is 26.7 Å². The Morgan fingerprint density at radius 1 is 1.11 bits per heavy atom. The molecule has 2 aromatic rings. The molecule has 0 radical (unpaired) electrons. The van der Waals surface area contributed by atoms with Crippen LogP contribution in [0.4, 0.5) is 17.3 Å². The molecular formula is C15H20N4. The van der Waals surface area contributed by atoms with Gasteiger partial charge >= 0.3 is 0 Å². The first kappa shape index (κ1) is 13.3.